The largest absolute Gasteiger partial charge is 0.351 e. The second kappa shape index (κ2) is 10.6. The molecule has 174 valence electrons. The molecule has 4 rings (SSSR count). The van der Waals surface area contributed by atoms with Gasteiger partial charge in [0.2, 0.25) is 0 Å². The fourth-order valence-corrected chi connectivity index (χ4v) is 5.24. The molecule has 0 aliphatic heterocycles. The first-order valence-electron chi connectivity index (χ1n) is 11.5. The number of aromatic nitrogens is 2. The molecule has 34 heavy (non-hydrogen) atoms. The Labute approximate surface area is 205 Å². The van der Waals surface area contributed by atoms with Gasteiger partial charge in [-0.05, 0) is 42.0 Å². The normalized spacial score (nSPS) is 12.3. The van der Waals surface area contributed by atoms with Crippen LogP contribution in [0.3, 0.4) is 0 Å². The molecule has 3 aromatic carbocycles. The summed E-state index contributed by atoms with van der Waals surface area (Å²) in [6.07, 6.45) is 4.86. The van der Waals surface area contributed by atoms with Crippen LogP contribution in [0.15, 0.2) is 104 Å². The van der Waals surface area contributed by atoms with Crippen molar-refractivity contribution in [1.82, 2.24) is 13.9 Å². The van der Waals surface area contributed by atoms with E-state index in [1.54, 1.807) is 4.31 Å². The summed E-state index contributed by atoms with van der Waals surface area (Å²) >= 11 is 1.45. The number of nitrogens with zero attached hydrogens (tertiary/aromatic N) is 3. The summed E-state index contributed by atoms with van der Waals surface area (Å²) in [5.41, 5.74) is 9.23. The summed E-state index contributed by atoms with van der Waals surface area (Å²) in [7, 11) is 0. The highest BCUT2D eigenvalue weighted by molar-refractivity contribution is 7.97. The molecule has 1 unspecified atom stereocenters. The molecular weight excluding hydrogens is 440 g/mol. The lowest BCUT2D eigenvalue weighted by Gasteiger charge is -2.37. The van der Waals surface area contributed by atoms with Gasteiger partial charge in [-0.1, -0.05) is 97.9 Å². The lowest BCUT2D eigenvalue weighted by Crippen LogP contribution is -2.37. The van der Waals surface area contributed by atoms with Gasteiger partial charge in [-0.3, -0.25) is 4.31 Å². The van der Waals surface area contributed by atoms with E-state index in [9.17, 15) is 4.79 Å². The third kappa shape index (κ3) is 4.46. The monoisotopic (exact) mass is 470 g/mol. The van der Waals surface area contributed by atoms with E-state index in [-0.39, 0.29) is 6.04 Å². The van der Waals surface area contributed by atoms with Crippen LogP contribution in [-0.2, 0) is 5.54 Å². The summed E-state index contributed by atoms with van der Waals surface area (Å²) in [6, 6.07) is 30.6. The lowest BCUT2D eigenvalue weighted by atomic mass is 9.77. The maximum absolute atomic E-state index is 12.2. The maximum Gasteiger partial charge on any atom is 0.325 e. The standard InChI is InChI=1S/C28H30N4OS/c1-3-19-34-32(27(29)33)22(2)26-20-31(21-30-26)28(23-13-7-4-8-14-23,24-15-9-5-10-16-24)25-17-11-6-12-18-25/h4-18,20-22H,3,19H2,1-2H3,(H2,29,33). The van der Waals surface area contributed by atoms with Crippen molar-refractivity contribution in [3.05, 3.63) is 126 Å². The zero-order chi connectivity index (χ0) is 24.0. The minimum absolute atomic E-state index is 0.268. The van der Waals surface area contributed by atoms with E-state index in [4.69, 9.17) is 10.7 Å². The van der Waals surface area contributed by atoms with E-state index in [0.717, 1.165) is 34.6 Å². The first kappa shape index (κ1) is 23.6. The molecule has 0 bridgehead atoms. The molecule has 1 aromatic heterocycles. The number of rotatable bonds is 9. The smallest absolute Gasteiger partial charge is 0.325 e. The molecule has 1 atom stereocenters. The van der Waals surface area contributed by atoms with Crippen LogP contribution in [0.5, 0.6) is 0 Å². The quantitative estimate of drug-likeness (QED) is 0.233. The third-order valence-electron chi connectivity index (χ3n) is 6.00. The molecule has 0 saturated heterocycles. The van der Waals surface area contributed by atoms with Crippen LogP contribution in [0.25, 0.3) is 0 Å². The van der Waals surface area contributed by atoms with Gasteiger partial charge in [0.05, 0.1) is 18.1 Å². The molecule has 4 aromatic rings. The number of hydrogen-bond acceptors (Lipinski definition) is 3. The molecule has 0 spiro atoms. The van der Waals surface area contributed by atoms with Gasteiger partial charge in [-0.15, -0.1) is 0 Å². The molecule has 6 heteroatoms. The second-order valence-electron chi connectivity index (χ2n) is 8.19. The van der Waals surface area contributed by atoms with Crippen molar-refractivity contribution in [3.63, 3.8) is 0 Å². The Morgan fingerprint density at radius 1 is 0.941 bits per heavy atom. The fourth-order valence-electron chi connectivity index (χ4n) is 4.40. The Morgan fingerprint density at radius 2 is 1.41 bits per heavy atom. The Bertz CT molecular complexity index is 1100. The summed E-state index contributed by atoms with van der Waals surface area (Å²) in [5, 5.41) is 0. The van der Waals surface area contributed by atoms with Crippen LogP contribution in [0.4, 0.5) is 4.79 Å². The van der Waals surface area contributed by atoms with Crippen molar-refractivity contribution in [3.8, 4) is 0 Å². The van der Waals surface area contributed by atoms with E-state index in [2.05, 4.69) is 84.3 Å². The average Bonchev–Trinajstić information content (AvgIpc) is 3.37. The number of urea groups is 1. The molecule has 2 N–H and O–H groups in total. The minimum atomic E-state index is -0.636. The van der Waals surface area contributed by atoms with Gasteiger partial charge < -0.3 is 10.3 Å². The SMILES string of the molecule is CCCSN(C(N)=O)C(C)c1cn(C(c2ccccc2)(c2ccccc2)c2ccccc2)cn1. The summed E-state index contributed by atoms with van der Waals surface area (Å²) in [5.74, 6) is 0.815. The highest BCUT2D eigenvalue weighted by Crippen LogP contribution is 2.41. The first-order chi connectivity index (χ1) is 16.6. The number of amides is 2. The predicted molar refractivity (Wildman–Crippen MR) is 139 cm³/mol. The van der Waals surface area contributed by atoms with Crippen LogP contribution >= 0.6 is 11.9 Å². The van der Waals surface area contributed by atoms with E-state index in [1.165, 1.54) is 11.9 Å². The van der Waals surface area contributed by atoms with Crippen molar-refractivity contribution in [1.29, 1.82) is 0 Å². The Hall–Kier alpha value is -3.51. The van der Waals surface area contributed by atoms with Crippen molar-refractivity contribution in [2.45, 2.75) is 31.8 Å². The van der Waals surface area contributed by atoms with Crippen LogP contribution in [0.1, 0.15) is 48.7 Å². The molecule has 0 aliphatic rings. The molecule has 0 fully saturated rings. The van der Waals surface area contributed by atoms with E-state index in [1.807, 2.05) is 37.6 Å². The number of imidazole rings is 1. The van der Waals surface area contributed by atoms with Gasteiger partial charge in [0.1, 0.15) is 5.54 Å². The average molecular weight is 471 g/mol. The topological polar surface area (TPSA) is 64.2 Å². The van der Waals surface area contributed by atoms with Gasteiger partial charge in [-0.2, -0.15) is 0 Å². The number of benzene rings is 3. The maximum atomic E-state index is 12.2. The van der Waals surface area contributed by atoms with E-state index in [0.29, 0.717) is 0 Å². The van der Waals surface area contributed by atoms with Crippen molar-refractivity contribution >= 4 is 18.0 Å². The molecular formula is C28H30N4OS. The molecule has 2 amide bonds. The number of carbonyl (C=O) groups is 1. The predicted octanol–water partition coefficient (Wildman–Crippen LogP) is 6.22. The zero-order valence-corrected chi connectivity index (χ0v) is 20.4. The molecule has 5 nitrogen and oxygen atoms in total. The zero-order valence-electron chi connectivity index (χ0n) is 19.5. The second-order valence-corrected chi connectivity index (χ2v) is 9.25. The summed E-state index contributed by atoms with van der Waals surface area (Å²) < 4.78 is 3.77. The summed E-state index contributed by atoms with van der Waals surface area (Å²) in [4.78, 5) is 17.0. The first-order valence-corrected chi connectivity index (χ1v) is 12.5. The van der Waals surface area contributed by atoms with Crippen molar-refractivity contribution in [2.75, 3.05) is 5.75 Å². The number of nitrogens with two attached hydrogens (primary N) is 1. The Kier molecular flexibility index (Phi) is 7.38. The highest BCUT2D eigenvalue weighted by atomic mass is 32.2. The Morgan fingerprint density at radius 3 is 1.82 bits per heavy atom. The molecule has 1 heterocycles. The Balaban J connectivity index is 1.91. The van der Waals surface area contributed by atoms with Gasteiger partial charge in [0.25, 0.3) is 0 Å². The lowest BCUT2D eigenvalue weighted by molar-refractivity contribution is 0.227. The molecule has 0 aliphatic carbocycles. The number of hydrogen-bond donors (Lipinski definition) is 1. The third-order valence-corrected chi connectivity index (χ3v) is 7.36. The van der Waals surface area contributed by atoms with Gasteiger partial charge in [0, 0.05) is 11.9 Å². The fraction of sp³-hybridized carbons (Fsp3) is 0.214. The van der Waals surface area contributed by atoms with Gasteiger partial charge in [-0.25, -0.2) is 9.78 Å². The minimum Gasteiger partial charge on any atom is -0.351 e. The molecule has 0 radical (unpaired) electrons. The van der Waals surface area contributed by atoms with Gasteiger partial charge >= 0.3 is 6.03 Å². The van der Waals surface area contributed by atoms with Crippen LogP contribution in [0.2, 0.25) is 0 Å². The van der Waals surface area contributed by atoms with E-state index >= 15 is 0 Å². The van der Waals surface area contributed by atoms with Gasteiger partial charge in [0.15, 0.2) is 0 Å². The van der Waals surface area contributed by atoms with Crippen molar-refractivity contribution in [2.24, 2.45) is 5.73 Å². The van der Waals surface area contributed by atoms with Crippen molar-refractivity contribution < 1.29 is 4.79 Å². The van der Waals surface area contributed by atoms with Crippen LogP contribution in [0, 0.1) is 0 Å². The number of primary amides is 1. The number of carbonyl (C=O) groups excluding carboxylic acids is 1. The molecule has 0 saturated carbocycles. The van der Waals surface area contributed by atoms with Crippen LogP contribution < -0.4 is 5.73 Å². The van der Waals surface area contributed by atoms with E-state index < -0.39 is 11.6 Å². The summed E-state index contributed by atoms with van der Waals surface area (Å²) in [6.45, 7) is 4.05. The van der Waals surface area contributed by atoms with Crippen LogP contribution in [-0.4, -0.2) is 25.6 Å². The highest BCUT2D eigenvalue weighted by Gasteiger charge is 2.38.